The fourth-order valence-electron chi connectivity index (χ4n) is 7.41. The summed E-state index contributed by atoms with van der Waals surface area (Å²) in [5.74, 6) is -10.3. The minimum absolute atomic E-state index is 0.0331. The summed E-state index contributed by atoms with van der Waals surface area (Å²) in [7, 11) is 6.83. The maximum absolute atomic E-state index is 14.1. The highest BCUT2D eigenvalue weighted by molar-refractivity contribution is 6.32. The number of fused-ring (bicyclic) bond motifs is 3. The average Bonchev–Trinajstić information content (AvgIpc) is 2.86. The molecule has 1 aromatic carbocycles. The highest BCUT2D eigenvalue weighted by atomic mass is 16.3. The number of phenols is 1. The number of aliphatic hydroxyl groups is 1. The molecule has 210 valence electrons. The molecule has 1 amide bonds. The van der Waals surface area contributed by atoms with Gasteiger partial charge in [0.05, 0.1) is 23.2 Å². The lowest BCUT2D eigenvalue weighted by Gasteiger charge is -2.52. The van der Waals surface area contributed by atoms with Crippen molar-refractivity contribution >= 4 is 40.4 Å². The first-order chi connectivity index (χ1) is 18.3. The molecule has 11 heteroatoms. The number of Topliss-reactive ketones (excluding diaryl/α,β-unsaturated/α-hetero) is 4. The third kappa shape index (κ3) is 3.81. The minimum atomic E-state index is -2.72. The van der Waals surface area contributed by atoms with Crippen LogP contribution < -0.4 is 15.5 Å². The molecule has 0 aromatic heterocycles. The van der Waals surface area contributed by atoms with Gasteiger partial charge in [-0.1, -0.05) is 0 Å². The van der Waals surface area contributed by atoms with Crippen LogP contribution in [-0.2, 0) is 25.6 Å². The molecule has 1 aromatic rings. The van der Waals surface area contributed by atoms with Gasteiger partial charge in [0.1, 0.15) is 5.75 Å². The fourth-order valence-corrected chi connectivity index (χ4v) is 7.41. The van der Waals surface area contributed by atoms with Gasteiger partial charge in [0.2, 0.25) is 5.91 Å². The number of likely N-dealkylation sites (N-methyl/N-ethyl adjacent to an activating group) is 1. The number of hydrogen-bond acceptors (Lipinski definition) is 10. The molecule has 4 aliphatic rings. The van der Waals surface area contributed by atoms with Crippen LogP contribution in [0, 0.1) is 23.7 Å². The number of phenolic OH excluding ortho intramolecular Hbond substituents is 1. The standard InChI is InChI=1S/C28H36N4O7/c1-30(2)16-12-17(32-8-6-5-7-9-32)22(33)19-14(16)10-13-11-15-21(31(3)4)24(35)20(27(29)38)26(37)28(15,39)25(36)18(13)23(19)34/h12-13,15,18,20-21,33,39H,5-11H2,1-4H3,(H2,29,38)/t13-,15-,18?,20?,21-,28-/m1/s1. The Hall–Kier alpha value is -3.31. The van der Waals surface area contributed by atoms with Gasteiger partial charge in [-0.3, -0.25) is 28.9 Å². The molecule has 0 radical (unpaired) electrons. The van der Waals surface area contributed by atoms with Crippen molar-refractivity contribution in [2.45, 2.75) is 43.7 Å². The zero-order valence-corrected chi connectivity index (χ0v) is 22.8. The average molecular weight is 541 g/mol. The number of piperidine rings is 1. The topological polar surface area (TPSA) is 162 Å². The quantitative estimate of drug-likeness (QED) is 0.441. The molecule has 4 N–H and O–H groups in total. The molecule has 1 saturated heterocycles. The van der Waals surface area contributed by atoms with Crippen molar-refractivity contribution in [1.29, 1.82) is 0 Å². The summed E-state index contributed by atoms with van der Waals surface area (Å²) in [5.41, 5.74) is 4.56. The number of ketones is 4. The Morgan fingerprint density at radius 1 is 1.05 bits per heavy atom. The van der Waals surface area contributed by atoms with Gasteiger partial charge >= 0.3 is 0 Å². The number of benzene rings is 1. The van der Waals surface area contributed by atoms with Crippen LogP contribution in [0.25, 0.3) is 0 Å². The lowest BCUT2D eigenvalue weighted by atomic mass is 9.52. The van der Waals surface area contributed by atoms with E-state index in [1.807, 2.05) is 30.0 Å². The molecular formula is C28H36N4O7. The summed E-state index contributed by atoms with van der Waals surface area (Å²) >= 11 is 0. The number of carbonyl (C=O) groups is 5. The Morgan fingerprint density at radius 2 is 1.69 bits per heavy atom. The van der Waals surface area contributed by atoms with E-state index < -0.39 is 64.4 Å². The Bertz CT molecular complexity index is 1280. The van der Waals surface area contributed by atoms with Gasteiger partial charge in [0.25, 0.3) is 0 Å². The van der Waals surface area contributed by atoms with Gasteiger partial charge in [0.15, 0.2) is 34.7 Å². The van der Waals surface area contributed by atoms with Gasteiger partial charge in [0, 0.05) is 38.8 Å². The number of rotatable bonds is 4. The Kier molecular flexibility index (Phi) is 6.58. The maximum Gasteiger partial charge on any atom is 0.235 e. The summed E-state index contributed by atoms with van der Waals surface area (Å²) in [6.07, 6.45) is 3.26. The summed E-state index contributed by atoms with van der Waals surface area (Å²) in [4.78, 5) is 72.3. The van der Waals surface area contributed by atoms with Gasteiger partial charge in [-0.15, -0.1) is 0 Å². The highest BCUT2D eigenvalue weighted by Crippen LogP contribution is 2.53. The second-order valence-electron chi connectivity index (χ2n) is 11.8. The molecule has 3 aliphatic carbocycles. The van der Waals surface area contributed by atoms with Crippen molar-refractivity contribution in [3.8, 4) is 5.75 Å². The molecule has 6 atom stereocenters. The molecule has 1 aliphatic heterocycles. The molecule has 2 saturated carbocycles. The van der Waals surface area contributed by atoms with Gasteiger partial charge in [-0.2, -0.15) is 0 Å². The van der Waals surface area contributed by atoms with Crippen LogP contribution in [0.5, 0.6) is 5.75 Å². The largest absolute Gasteiger partial charge is 0.505 e. The van der Waals surface area contributed by atoms with Crippen molar-refractivity contribution < 1.29 is 34.2 Å². The first kappa shape index (κ1) is 27.3. The van der Waals surface area contributed by atoms with E-state index in [9.17, 15) is 34.2 Å². The van der Waals surface area contributed by atoms with Crippen molar-refractivity contribution in [2.24, 2.45) is 29.4 Å². The minimum Gasteiger partial charge on any atom is -0.505 e. The van der Waals surface area contributed by atoms with Crippen molar-refractivity contribution in [1.82, 2.24) is 4.90 Å². The summed E-state index contributed by atoms with van der Waals surface area (Å²) in [5, 5.41) is 23.2. The van der Waals surface area contributed by atoms with Crippen molar-refractivity contribution in [3.05, 3.63) is 17.2 Å². The summed E-state index contributed by atoms with van der Waals surface area (Å²) < 4.78 is 0. The number of carbonyl (C=O) groups excluding carboxylic acids is 5. The summed E-state index contributed by atoms with van der Waals surface area (Å²) in [6, 6.07) is 0.761. The van der Waals surface area contributed by atoms with Crippen LogP contribution in [0.15, 0.2) is 6.07 Å². The molecule has 1 heterocycles. The van der Waals surface area contributed by atoms with Gasteiger partial charge < -0.3 is 25.7 Å². The van der Waals surface area contributed by atoms with E-state index in [4.69, 9.17) is 5.73 Å². The number of nitrogens with two attached hydrogens (primary N) is 1. The lowest BCUT2D eigenvalue weighted by molar-refractivity contribution is -0.181. The molecule has 0 bridgehead atoms. The Labute approximate surface area is 226 Å². The third-order valence-corrected chi connectivity index (χ3v) is 9.20. The smallest absolute Gasteiger partial charge is 0.235 e. The molecule has 3 fully saturated rings. The zero-order chi connectivity index (χ0) is 28.5. The van der Waals surface area contributed by atoms with Crippen LogP contribution in [0.1, 0.15) is 41.6 Å². The number of nitrogens with zero attached hydrogens (tertiary/aromatic N) is 3. The van der Waals surface area contributed by atoms with E-state index in [-0.39, 0.29) is 24.2 Å². The number of anilines is 2. The third-order valence-electron chi connectivity index (χ3n) is 9.20. The second-order valence-corrected chi connectivity index (χ2v) is 11.8. The van der Waals surface area contributed by atoms with E-state index in [0.29, 0.717) is 11.3 Å². The number of amides is 1. The van der Waals surface area contributed by atoms with E-state index >= 15 is 0 Å². The summed E-state index contributed by atoms with van der Waals surface area (Å²) in [6.45, 7) is 1.45. The molecular weight excluding hydrogens is 504 g/mol. The van der Waals surface area contributed by atoms with Gasteiger partial charge in [-0.25, -0.2) is 0 Å². The van der Waals surface area contributed by atoms with Crippen molar-refractivity contribution in [2.75, 3.05) is 51.1 Å². The van der Waals surface area contributed by atoms with Crippen LogP contribution in [0.4, 0.5) is 11.4 Å². The van der Waals surface area contributed by atoms with E-state index in [1.165, 1.54) is 4.90 Å². The predicted molar refractivity (Wildman–Crippen MR) is 142 cm³/mol. The van der Waals surface area contributed by atoms with Crippen LogP contribution in [0.3, 0.4) is 0 Å². The lowest BCUT2D eigenvalue weighted by Crippen LogP contribution is -2.74. The maximum atomic E-state index is 14.1. The first-order valence-electron chi connectivity index (χ1n) is 13.5. The fraction of sp³-hybridized carbons (Fsp3) is 0.607. The molecule has 2 unspecified atom stereocenters. The number of hydrogen-bond donors (Lipinski definition) is 3. The first-order valence-corrected chi connectivity index (χ1v) is 13.5. The Balaban J connectivity index is 1.65. The molecule has 11 nitrogen and oxygen atoms in total. The van der Waals surface area contributed by atoms with Crippen molar-refractivity contribution in [3.63, 3.8) is 0 Å². The van der Waals surface area contributed by atoms with Gasteiger partial charge in [-0.05, 0) is 63.7 Å². The van der Waals surface area contributed by atoms with E-state index in [1.54, 1.807) is 14.1 Å². The monoisotopic (exact) mass is 540 g/mol. The normalized spacial score (nSPS) is 32.6. The highest BCUT2D eigenvalue weighted by Gasteiger charge is 2.69. The molecule has 39 heavy (non-hydrogen) atoms. The van der Waals surface area contributed by atoms with Crippen LogP contribution in [0.2, 0.25) is 0 Å². The second kappa shape index (κ2) is 9.41. The van der Waals surface area contributed by atoms with Crippen LogP contribution >= 0.6 is 0 Å². The van der Waals surface area contributed by atoms with Crippen LogP contribution in [-0.4, -0.2) is 97.1 Å². The number of primary amides is 1. The Morgan fingerprint density at radius 3 is 2.26 bits per heavy atom. The molecule has 0 spiro atoms. The number of aromatic hydroxyl groups is 1. The molecule has 5 rings (SSSR count). The predicted octanol–water partition coefficient (Wildman–Crippen LogP) is -0.0767. The van der Waals surface area contributed by atoms with E-state index in [2.05, 4.69) is 0 Å². The van der Waals surface area contributed by atoms with E-state index in [0.717, 1.165) is 38.0 Å². The zero-order valence-electron chi connectivity index (χ0n) is 22.8. The SMILES string of the molecule is CN(C)c1cc(N2CCCCC2)c(O)c2c1C[C@@H]1C[C@@H]3[C@@H](N(C)C)C(=O)C(C(N)=O)C(=O)[C@]3(O)C(=O)C1C2=O.